The van der Waals surface area contributed by atoms with E-state index in [2.05, 4.69) is 9.97 Å². The first-order valence-corrected chi connectivity index (χ1v) is 9.86. The highest BCUT2D eigenvalue weighted by atomic mass is 35.5. The van der Waals surface area contributed by atoms with Crippen LogP contribution in [0.15, 0.2) is 47.3 Å². The third-order valence-electron chi connectivity index (χ3n) is 5.23. The second-order valence-electron chi connectivity index (χ2n) is 7.39. The number of benzene rings is 2. The van der Waals surface area contributed by atoms with Crippen LogP contribution in [0.2, 0.25) is 5.02 Å². The number of carbonyl (C=O) groups excluding carboxylic acids is 2. The van der Waals surface area contributed by atoms with E-state index >= 15 is 0 Å². The molecule has 2 heterocycles. The summed E-state index contributed by atoms with van der Waals surface area (Å²) >= 11 is 5.63. The summed E-state index contributed by atoms with van der Waals surface area (Å²) in [6.07, 6.45) is -4.96. The van der Waals surface area contributed by atoms with Gasteiger partial charge in [0.1, 0.15) is 5.82 Å². The Kier molecular flexibility index (Phi) is 5.51. The number of H-pyrrole nitrogens is 1. The summed E-state index contributed by atoms with van der Waals surface area (Å²) in [4.78, 5) is 47.0. The molecule has 1 unspecified atom stereocenters. The minimum Gasteiger partial charge on any atom is -0.309 e. The quantitative estimate of drug-likeness (QED) is 0.598. The molecule has 2 amide bonds. The molecule has 4 rings (SSSR count). The number of hydrogen-bond acceptors (Lipinski definition) is 5. The van der Waals surface area contributed by atoms with Crippen molar-refractivity contribution in [2.24, 2.45) is 0 Å². The molecule has 1 fully saturated rings. The lowest BCUT2D eigenvalue weighted by Gasteiger charge is -2.23. The van der Waals surface area contributed by atoms with Gasteiger partial charge in [-0.3, -0.25) is 19.3 Å². The van der Waals surface area contributed by atoms with Gasteiger partial charge >= 0.3 is 6.18 Å². The van der Waals surface area contributed by atoms with Crippen LogP contribution >= 0.6 is 11.6 Å². The average Bonchev–Trinajstić information content (AvgIpc) is 3.02. The van der Waals surface area contributed by atoms with E-state index in [0.29, 0.717) is 22.8 Å². The number of fused-ring (bicyclic) bond motifs is 1. The summed E-state index contributed by atoms with van der Waals surface area (Å²) in [6, 6.07) is 8.71. The smallest absolute Gasteiger partial charge is 0.309 e. The Bertz CT molecular complexity index is 1290. The number of anilines is 1. The number of hydrogen-bond donors (Lipinski definition) is 1. The minimum atomic E-state index is -4.73. The van der Waals surface area contributed by atoms with Crippen LogP contribution in [0.4, 0.5) is 18.9 Å². The van der Waals surface area contributed by atoms with Crippen LogP contribution in [-0.4, -0.2) is 39.8 Å². The fourth-order valence-electron chi connectivity index (χ4n) is 3.66. The standard InChI is InChI=1S/C21H16ClF3N4O3/c1-28(10-17-26-15-5-3-2-4-12(15)19(31)27-17)16-9-18(30)29(20(16)32)11-6-7-14(22)13(8-11)21(23,24)25/h2-8,16H,9-10H2,1H3,(H,26,27,31). The normalized spacial score (nSPS) is 17.1. The lowest BCUT2D eigenvalue weighted by atomic mass is 10.1. The van der Waals surface area contributed by atoms with Crippen molar-refractivity contribution >= 4 is 40.0 Å². The molecular formula is C21H16ClF3N4O3. The van der Waals surface area contributed by atoms with Crippen LogP contribution in [0.3, 0.4) is 0 Å². The number of nitrogens with one attached hydrogen (secondary N) is 1. The predicted octanol–water partition coefficient (Wildman–Crippen LogP) is 3.36. The van der Waals surface area contributed by atoms with E-state index in [1.807, 2.05) is 0 Å². The van der Waals surface area contributed by atoms with Gasteiger partial charge in [-0.05, 0) is 37.4 Å². The van der Waals surface area contributed by atoms with Crippen molar-refractivity contribution in [3.63, 3.8) is 0 Å². The van der Waals surface area contributed by atoms with Crippen molar-refractivity contribution < 1.29 is 22.8 Å². The first-order valence-electron chi connectivity index (χ1n) is 9.48. The van der Waals surface area contributed by atoms with Crippen molar-refractivity contribution in [3.8, 4) is 0 Å². The maximum atomic E-state index is 13.2. The second kappa shape index (κ2) is 8.03. The number of para-hydroxylation sites is 1. The molecule has 166 valence electrons. The highest BCUT2D eigenvalue weighted by Crippen LogP contribution is 2.38. The summed E-state index contributed by atoms with van der Waals surface area (Å²) in [5, 5.41) is -0.110. The van der Waals surface area contributed by atoms with E-state index in [9.17, 15) is 27.6 Å². The van der Waals surface area contributed by atoms with Crippen molar-refractivity contribution in [3.05, 3.63) is 69.2 Å². The lowest BCUT2D eigenvalue weighted by molar-refractivity contribution is -0.137. The molecule has 0 saturated carbocycles. The molecule has 0 radical (unpaired) electrons. The first-order chi connectivity index (χ1) is 15.1. The molecule has 3 aromatic rings. The topological polar surface area (TPSA) is 86.4 Å². The van der Waals surface area contributed by atoms with E-state index in [-0.39, 0.29) is 24.2 Å². The number of aromatic nitrogens is 2. The van der Waals surface area contributed by atoms with Crippen LogP contribution in [0.1, 0.15) is 17.8 Å². The number of rotatable bonds is 4. The summed E-state index contributed by atoms with van der Waals surface area (Å²) in [6.45, 7) is 0.0476. The third kappa shape index (κ3) is 3.98. The number of halogens is 4. The predicted molar refractivity (Wildman–Crippen MR) is 111 cm³/mol. The Balaban J connectivity index is 1.59. The number of nitrogens with zero attached hydrogens (tertiary/aromatic N) is 3. The summed E-state index contributed by atoms with van der Waals surface area (Å²) in [7, 11) is 1.57. The summed E-state index contributed by atoms with van der Waals surface area (Å²) < 4.78 is 39.6. The zero-order valence-corrected chi connectivity index (χ0v) is 17.4. The van der Waals surface area contributed by atoms with E-state index < -0.39 is 34.6 Å². The maximum Gasteiger partial charge on any atom is 0.417 e. The van der Waals surface area contributed by atoms with Crippen LogP contribution in [-0.2, 0) is 22.3 Å². The SMILES string of the molecule is CN(Cc1nc2ccccc2c(=O)[nH]1)C1CC(=O)N(c2ccc(Cl)c(C(F)(F)F)c2)C1=O. The van der Waals surface area contributed by atoms with Gasteiger partial charge in [0.2, 0.25) is 5.91 Å². The summed E-state index contributed by atoms with van der Waals surface area (Å²) in [5.74, 6) is -1.01. The van der Waals surface area contributed by atoms with Crippen LogP contribution in [0.25, 0.3) is 10.9 Å². The van der Waals surface area contributed by atoms with Crippen molar-refractivity contribution in [1.82, 2.24) is 14.9 Å². The molecule has 0 bridgehead atoms. The van der Waals surface area contributed by atoms with Crippen LogP contribution in [0.5, 0.6) is 0 Å². The van der Waals surface area contributed by atoms with Gasteiger partial charge in [0.05, 0.1) is 46.2 Å². The highest BCUT2D eigenvalue weighted by Gasteiger charge is 2.43. The number of amides is 2. The van der Waals surface area contributed by atoms with Gasteiger partial charge in [-0.2, -0.15) is 13.2 Å². The third-order valence-corrected chi connectivity index (χ3v) is 5.56. The van der Waals surface area contributed by atoms with Crippen LogP contribution < -0.4 is 10.5 Å². The number of imide groups is 1. The van der Waals surface area contributed by atoms with Gasteiger partial charge in [-0.25, -0.2) is 9.88 Å². The van der Waals surface area contributed by atoms with Crippen molar-refractivity contribution in [2.45, 2.75) is 25.2 Å². The van der Waals surface area contributed by atoms with Crippen molar-refractivity contribution in [1.29, 1.82) is 0 Å². The zero-order valence-electron chi connectivity index (χ0n) is 16.6. The molecule has 1 N–H and O–H groups in total. The molecule has 0 aliphatic carbocycles. The van der Waals surface area contributed by atoms with E-state index in [1.165, 1.54) is 11.0 Å². The lowest BCUT2D eigenvalue weighted by Crippen LogP contribution is -2.40. The minimum absolute atomic E-state index is 0.0476. The number of aromatic amines is 1. The molecule has 32 heavy (non-hydrogen) atoms. The molecule has 1 atom stereocenters. The Morgan fingerprint density at radius 2 is 1.91 bits per heavy atom. The van der Waals surface area contributed by atoms with Gasteiger partial charge in [0.15, 0.2) is 0 Å². The van der Waals surface area contributed by atoms with E-state index in [0.717, 1.165) is 11.0 Å². The van der Waals surface area contributed by atoms with Gasteiger partial charge in [-0.15, -0.1) is 0 Å². The fraction of sp³-hybridized carbons (Fsp3) is 0.238. The molecule has 1 aliphatic heterocycles. The van der Waals surface area contributed by atoms with Gasteiger partial charge in [0.25, 0.3) is 11.5 Å². The molecule has 7 nitrogen and oxygen atoms in total. The maximum absolute atomic E-state index is 13.2. The number of likely N-dealkylation sites (N-methyl/N-ethyl adjacent to an activating group) is 1. The monoisotopic (exact) mass is 464 g/mol. The Hall–Kier alpha value is -3.24. The van der Waals surface area contributed by atoms with Crippen molar-refractivity contribution in [2.75, 3.05) is 11.9 Å². The van der Waals surface area contributed by atoms with Gasteiger partial charge in [0, 0.05) is 0 Å². The van der Waals surface area contributed by atoms with Gasteiger partial charge in [-0.1, -0.05) is 23.7 Å². The Morgan fingerprint density at radius 1 is 1.19 bits per heavy atom. The molecule has 1 saturated heterocycles. The Morgan fingerprint density at radius 3 is 2.62 bits per heavy atom. The number of alkyl halides is 3. The molecule has 11 heteroatoms. The van der Waals surface area contributed by atoms with Crippen LogP contribution in [0, 0.1) is 0 Å². The average molecular weight is 465 g/mol. The molecule has 1 aromatic heterocycles. The fourth-order valence-corrected chi connectivity index (χ4v) is 3.88. The zero-order chi connectivity index (χ0) is 23.2. The Labute approximate surface area is 184 Å². The molecule has 2 aromatic carbocycles. The molecule has 1 aliphatic rings. The van der Waals surface area contributed by atoms with E-state index in [1.54, 1.807) is 31.3 Å². The van der Waals surface area contributed by atoms with Gasteiger partial charge < -0.3 is 4.98 Å². The largest absolute Gasteiger partial charge is 0.417 e. The molecule has 0 spiro atoms. The number of carbonyl (C=O) groups is 2. The highest BCUT2D eigenvalue weighted by molar-refractivity contribution is 6.31. The molecular weight excluding hydrogens is 449 g/mol. The second-order valence-corrected chi connectivity index (χ2v) is 7.80. The van der Waals surface area contributed by atoms with E-state index in [4.69, 9.17) is 11.6 Å². The first kappa shape index (κ1) is 22.0. The summed E-state index contributed by atoms with van der Waals surface area (Å²) in [5.41, 5.74) is -1.19.